The molecule has 0 saturated heterocycles. The maximum absolute atomic E-state index is 3.36. The van der Waals surface area contributed by atoms with Crippen molar-refractivity contribution in [1.82, 2.24) is 26.1 Å². The average molecular weight is 74.1 g/mol. The first-order valence-corrected chi connectivity index (χ1v) is 1.20. The highest BCUT2D eigenvalue weighted by Crippen LogP contribution is 1.28. The highest BCUT2D eigenvalue weighted by atomic mass is 15.6. The summed E-state index contributed by atoms with van der Waals surface area (Å²) in [5.74, 6) is 0. The quantitative estimate of drug-likeness (QED) is 0.315. The number of hydrogen-bond donors (Lipinski definition) is 4. The number of nitrogens with one attached hydrogen (secondary N) is 4. The topological polar surface area (TPSA) is 77.3 Å². The first kappa shape index (κ1) is 2.25. The summed E-state index contributed by atoms with van der Waals surface area (Å²) >= 11 is 0. The Morgan fingerprint density at radius 1 is 1.00 bits per heavy atom. The smallest absolute Gasteiger partial charge is 0.228 e. The van der Waals surface area contributed by atoms with Crippen LogP contribution in [0, 0.1) is 0 Å². The second-order valence-electron chi connectivity index (χ2n) is 0.585. The highest BCUT2D eigenvalue weighted by Gasteiger charge is 1.33. The number of hydrogen-bond acceptors (Lipinski definition) is 0. The molecule has 5 heteroatoms. The molecule has 0 aliphatic rings. The van der Waals surface area contributed by atoms with Crippen LogP contribution in [0.2, 0.25) is 0 Å². The Hall–Kier alpha value is -1.00. The van der Waals surface area contributed by atoms with Crippen molar-refractivity contribution in [3.05, 3.63) is 0 Å². The third-order valence-corrected chi connectivity index (χ3v) is 0.286. The van der Waals surface area contributed by atoms with Crippen molar-refractivity contribution in [1.29, 1.82) is 0 Å². The van der Waals surface area contributed by atoms with Crippen LogP contribution in [0.5, 0.6) is 0 Å². The molecule has 1 aromatic rings. The van der Waals surface area contributed by atoms with Gasteiger partial charge in [-0.3, -0.25) is 0 Å². The molecule has 0 amide bonds. The molecule has 0 unspecified atom stereocenters. The molecular weight excluding hydrogens is 70.0 g/mol. The van der Waals surface area contributed by atoms with Gasteiger partial charge in [0.25, 0.3) is 0 Å². The third-order valence-electron chi connectivity index (χ3n) is 0.286. The molecule has 4 N–H and O–H groups in total. The summed E-state index contributed by atoms with van der Waals surface area (Å²) < 4.78 is 0. The number of aromatic amines is 4. The van der Waals surface area contributed by atoms with Gasteiger partial charge in [-0.1, -0.05) is 0 Å². The van der Waals surface area contributed by atoms with Crippen molar-refractivity contribution < 1.29 is 0 Å². The molecule has 0 aliphatic heterocycles. The number of H-pyrrole nitrogens is 4. The number of aromatic nitrogens is 5. The summed E-state index contributed by atoms with van der Waals surface area (Å²) in [7, 11) is 0. The lowest BCUT2D eigenvalue weighted by atomic mass is 12.7. The molecule has 1 heterocycles. The lowest BCUT2D eigenvalue weighted by Crippen LogP contribution is -1.71. The first-order chi connectivity index (χ1) is 2.50. The van der Waals surface area contributed by atoms with Gasteiger partial charge in [0.05, 0.1) is 0 Å². The van der Waals surface area contributed by atoms with E-state index in [-0.39, 0.29) is 0 Å². The Kier molecular flexibility index (Phi) is 0.338. The van der Waals surface area contributed by atoms with Crippen LogP contribution in [0.3, 0.4) is 0 Å². The maximum atomic E-state index is 3.36. The Bertz CT molecular complexity index is 56.5. The third kappa shape index (κ3) is 0.188. The lowest BCUT2D eigenvalue weighted by Gasteiger charge is -1.66. The zero-order chi connectivity index (χ0) is 3.54. The fraction of sp³-hybridized carbons (Fsp3) is 0. The van der Waals surface area contributed by atoms with Crippen LogP contribution in [0.4, 0.5) is 0 Å². The van der Waals surface area contributed by atoms with Crippen molar-refractivity contribution in [2.75, 3.05) is 0 Å². The molecule has 1 aromatic heterocycles. The zero-order valence-corrected chi connectivity index (χ0v) is 2.45. The van der Waals surface area contributed by atoms with Crippen molar-refractivity contribution in [2.24, 2.45) is 0 Å². The van der Waals surface area contributed by atoms with Crippen LogP contribution in [0.25, 0.3) is 0 Å². The maximum Gasteiger partial charge on any atom is -0.228 e. The lowest BCUT2D eigenvalue weighted by molar-refractivity contribution is 0.854. The summed E-state index contributed by atoms with van der Waals surface area (Å²) in [4.78, 5) is 0. The Labute approximate surface area is 27.4 Å². The van der Waals surface area contributed by atoms with Crippen molar-refractivity contribution in [3.63, 3.8) is 0 Å². The second kappa shape index (κ2) is 0.750. The molecule has 0 spiro atoms. The minimum atomic E-state index is 2.38. The van der Waals surface area contributed by atoms with Crippen molar-refractivity contribution >= 4 is 0 Å². The van der Waals surface area contributed by atoms with Crippen LogP contribution in [-0.2, 0) is 0 Å². The molecule has 0 bridgehead atoms. The van der Waals surface area contributed by atoms with Gasteiger partial charge in [0.1, 0.15) is 0 Å². The predicted octanol–water partition coefficient (Wildman–Crippen LogP) is -0.919. The summed E-state index contributed by atoms with van der Waals surface area (Å²) in [6, 6.07) is 0. The minimum absolute atomic E-state index is 2.38. The van der Waals surface area contributed by atoms with E-state index in [0.29, 0.717) is 0 Å². The van der Waals surface area contributed by atoms with Gasteiger partial charge in [0.15, 0.2) is 0 Å². The zero-order valence-electron chi connectivity index (χ0n) is 2.45. The van der Waals surface area contributed by atoms with Gasteiger partial charge >= 0.3 is 0 Å². The molecule has 0 saturated carbocycles. The fourth-order valence-corrected chi connectivity index (χ4v) is 0.140. The van der Waals surface area contributed by atoms with Gasteiger partial charge in [-0.25, -0.2) is 5.21 Å². The second-order valence-corrected chi connectivity index (χ2v) is 0.585. The largest absolute Gasteiger partial charge is 0.349 e. The van der Waals surface area contributed by atoms with Crippen LogP contribution < -0.4 is 5.21 Å². The van der Waals surface area contributed by atoms with E-state index in [4.69, 9.17) is 0 Å². The summed E-state index contributed by atoms with van der Waals surface area (Å²) in [5, 5.41) is 13.0. The summed E-state index contributed by atoms with van der Waals surface area (Å²) in [5.41, 5.74) is 0. The highest BCUT2D eigenvalue weighted by molar-refractivity contribution is 3.82. The van der Waals surface area contributed by atoms with Crippen LogP contribution in [0.15, 0.2) is 0 Å². The van der Waals surface area contributed by atoms with E-state index in [1.54, 1.807) is 0 Å². The molecule has 5 heavy (non-hydrogen) atoms. The van der Waals surface area contributed by atoms with E-state index in [1.807, 2.05) is 0 Å². The fourth-order valence-electron chi connectivity index (χ4n) is 0.140. The standard InChI is InChI=1S/H4N5/c1-2-4-5-3-1/h1-4H/q-1. The molecule has 0 fully saturated rings. The van der Waals surface area contributed by atoms with E-state index in [0.717, 1.165) is 0 Å². The van der Waals surface area contributed by atoms with Crippen LogP contribution >= 0.6 is 0 Å². The number of rotatable bonds is 0. The predicted molar refractivity (Wildman–Crippen MR) is 14.8 cm³/mol. The molecule has 0 atom stereocenters. The average Bonchev–Trinajstić information content (AvgIpc) is 1.76. The summed E-state index contributed by atoms with van der Waals surface area (Å²) in [6.45, 7) is 0. The summed E-state index contributed by atoms with van der Waals surface area (Å²) in [6.07, 6.45) is 0. The number of nitrogens with zero attached hydrogens (tertiary/aromatic N) is 1. The van der Waals surface area contributed by atoms with Gasteiger partial charge in [-0.15, -0.1) is 0 Å². The first-order valence-electron chi connectivity index (χ1n) is 1.20. The van der Waals surface area contributed by atoms with Gasteiger partial charge < -0.3 is 20.9 Å². The van der Waals surface area contributed by atoms with Gasteiger partial charge in [-0.05, 0) is 0 Å². The molecule has 0 aromatic carbocycles. The van der Waals surface area contributed by atoms with E-state index in [1.165, 1.54) is 0 Å². The van der Waals surface area contributed by atoms with Crippen molar-refractivity contribution in [2.45, 2.75) is 0 Å². The minimum Gasteiger partial charge on any atom is -0.349 e. The monoisotopic (exact) mass is 74.0 g/mol. The van der Waals surface area contributed by atoms with Crippen LogP contribution in [0.1, 0.15) is 0 Å². The van der Waals surface area contributed by atoms with E-state index >= 15 is 0 Å². The van der Waals surface area contributed by atoms with E-state index in [9.17, 15) is 0 Å². The molecule has 30 valence electrons. The van der Waals surface area contributed by atoms with Gasteiger partial charge in [0.2, 0.25) is 0 Å². The Morgan fingerprint density at radius 3 is 1.80 bits per heavy atom. The van der Waals surface area contributed by atoms with E-state index in [2.05, 4.69) is 26.1 Å². The molecular formula is H4N5-. The van der Waals surface area contributed by atoms with Gasteiger partial charge in [-0.2, -0.15) is 0 Å². The van der Waals surface area contributed by atoms with E-state index < -0.39 is 0 Å². The molecule has 1 rings (SSSR count). The van der Waals surface area contributed by atoms with Gasteiger partial charge in [0, 0.05) is 0 Å². The Morgan fingerprint density at radius 2 is 1.60 bits per heavy atom. The molecule has 0 radical (unpaired) electrons. The normalized spacial score (nSPS) is 8.00. The van der Waals surface area contributed by atoms with Crippen LogP contribution in [-0.4, -0.2) is 20.9 Å². The molecule has 0 aliphatic carbocycles. The molecule has 5 nitrogen and oxygen atoms in total. The SMILES string of the molecule is [n-]1[nH][nH][nH][nH]1. The van der Waals surface area contributed by atoms with Crippen molar-refractivity contribution in [3.8, 4) is 0 Å². The Balaban J connectivity index is 3.13.